The molecule has 33 heavy (non-hydrogen) atoms. The van der Waals surface area contributed by atoms with Crippen molar-refractivity contribution in [3.05, 3.63) is 108 Å². The van der Waals surface area contributed by atoms with Gasteiger partial charge in [-0.2, -0.15) is 0 Å². The van der Waals surface area contributed by atoms with Crippen molar-refractivity contribution in [2.45, 2.75) is 19.6 Å². The molecule has 4 rings (SSSR count). The number of pyridine rings is 1. The minimum absolute atomic E-state index is 0.0606. The van der Waals surface area contributed by atoms with E-state index in [0.717, 1.165) is 33.3 Å². The second-order valence-corrected chi connectivity index (χ2v) is 7.62. The largest absolute Gasteiger partial charge is 0.487 e. The van der Waals surface area contributed by atoms with Gasteiger partial charge in [-0.15, -0.1) is 0 Å². The third-order valence-electron chi connectivity index (χ3n) is 5.20. The standard InChI is InChI=1S/C27H25N3O3/c31-26(16-22-8-5-7-21-6-1-2-10-25(21)22)30-18-27(32)29-17-20-11-13-24(14-12-20)33-19-23-9-3-4-15-28-23/h1-15H,16-19H2,(H,29,32)(H,30,31). The molecule has 0 saturated heterocycles. The number of carbonyl (C=O) groups is 2. The van der Waals surface area contributed by atoms with E-state index in [1.54, 1.807) is 6.20 Å². The summed E-state index contributed by atoms with van der Waals surface area (Å²) in [7, 11) is 0. The molecule has 166 valence electrons. The molecule has 0 aliphatic rings. The first-order chi connectivity index (χ1) is 16.2. The Kier molecular flexibility index (Phi) is 7.28. The molecule has 0 radical (unpaired) electrons. The molecule has 0 atom stereocenters. The normalized spacial score (nSPS) is 10.5. The van der Waals surface area contributed by atoms with Crippen LogP contribution in [0.2, 0.25) is 0 Å². The smallest absolute Gasteiger partial charge is 0.239 e. The molecule has 3 aromatic carbocycles. The van der Waals surface area contributed by atoms with Crippen molar-refractivity contribution >= 4 is 22.6 Å². The number of nitrogens with zero attached hydrogens (tertiary/aromatic N) is 1. The zero-order valence-corrected chi connectivity index (χ0v) is 18.2. The molecule has 0 bridgehead atoms. The van der Waals surface area contributed by atoms with Gasteiger partial charge in [-0.1, -0.05) is 60.7 Å². The topological polar surface area (TPSA) is 80.3 Å². The maximum Gasteiger partial charge on any atom is 0.239 e. The van der Waals surface area contributed by atoms with E-state index in [1.165, 1.54) is 0 Å². The first-order valence-electron chi connectivity index (χ1n) is 10.8. The summed E-state index contributed by atoms with van der Waals surface area (Å²) in [6, 6.07) is 27.0. The molecule has 2 N–H and O–H groups in total. The lowest BCUT2D eigenvalue weighted by atomic mass is 10.0. The molecule has 2 amide bonds. The van der Waals surface area contributed by atoms with Crippen LogP contribution in [0.25, 0.3) is 10.8 Å². The summed E-state index contributed by atoms with van der Waals surface area (Å²) in [6.07, 6.45) is 1.96. The van der Waals surface area contributed by atoms with Crippen LogP contribution in [0.3, 0.4) is 0 Å². The first-order valence-corrected chi connectivity index (χ1v) is 10.8. The summed E-state index contributed by atoms with van der Waals surface area (Å²) < 4.78 is 5.72. The average molecular weight is 440 g/mol. The molecular formula is C27H25N3O3. The van der Waals surface area contributed by atoms with Gasteiger partial charge in [0.25, 0.3) is 0 Å². The highest BCUT2D eigenvalue weighted by atomic mass is 16.5. The minimum atomic E-state index is -0.239. The van der Waals surface area contributed by atoms with Crippen molar-refractivity contribution in [2.75, 3.05) is 6.54 Å². The number of carbonyl (C=O) groups excluding carboxylic acids is 2. The fourth-order valence-corrected chi connectivity index (χ4v) is 3.47. The number of hydrogen-bond donors (Lipinski definition) is 2. The highest BCUT2D eigenvalue weighted by Gasteiger charge is 2.09. The Morgan fingerprint density at radius 2 is 1.58 bits per heavy atom. The van der Waals surface area contributed by atoms with Gasteiger partial charge < -0.3 is 15.4 Å². The van der Waals surface area contributed by atoms with E-state index in [2.05, 4.69) is 15.6 Å². The van der Waals surface area contributed by atoms with Crippen LogP contribution in [0.4, 0.5) is 0 Å². The molecule has 4 aromatic rings. The van der Waals surface area contributed by atoms with Crippen molar-refractivity contribution < 1.29 is 14.3 Å². The number of nitrogens with one attached hydrogen (secondary N) is 2. The molecule has 6 nitrogen and oxygen atoms in total. The molecule has 0 spiro atoms. The number of aromatic nitrogens is 1. The molecule has 0 unspecified atom stereocenters. The Morgan fingerprint density at radius 1 is 0.788 bits per heavy atom. The van der Waals surface area contributed by atoms with Gasteiger partial charge in [0.05, 0.1) is 18.7 Å². The summed E-state index contributed by atoms with van der Waals surface area (Å²) in [5.74, 6) is 0.309. The van der Waals surface area contributed by atoms with Gasteiger partial charge in [0.15, 0.2) is 0 Å². The number of rotatable bonds is 9. The lowest BCUT2D eigenvalue weighted by Crippen LogP contribution is -2.37. The molecule has 1 heterocycles. The Morgan fingerprint density at radius 3 is 2.39 bits per heavy atom. The zero-order valence-electron chi connectivity index (χ0n) is 18.2. The van der Waals surface area contributed by atoms with Gasteiger partial charge in [0, 0.05) is 12.7 Å². The van der Waals surface area contributed by atoms with Crippen molar-refractivity contribution in [3.63, 3.8) is 0 Å². The van der Waals surface area contributed by atoms with E-state index >= 15 is 0 Å². The Hall–Kier alpha value is -4.19. The van der Waals surface area contributed by atoms with Gasteiger partial charge in [-0.3, -0.25) is 14.6 Å². The lowest BCUT2D eigenvalue weighted by Gasteiger charge is -2.10. The van der Waals surface area contributed by atoms with Crippen molar-refractivity contribution in [1.29, 1.82) is 0 Å². The Bertz CT molecular complexity index is 1220. The fraction of sp³-hybridized carbons (Fsp3) is 0.148. The van der Waals surface area contributed by atoms with Gasteiger partial charge in [0.1, 0.15) is 12.4 Å². The summed E-state index contributed by atoms with van der Waals surface area (Å²) >= 11 is 0. The number of hydrogen-bond acceptors (Lipinski definition) is 4. The summed E-state index contributed by atoms with van der Waals surface area (Å²) in [6.45, 7) is 0.711. The first kappa shape index (κ1) is 22.0. The predicted octanol–water partition coefficient (Wildman–Crippen LogP) is 3.79. The van der Waals surface area contributed by atoms with Gasteiger partial charge >= 0.3 is 0 Å². The highest BCUT2D eigenvalue weighted by molar-refractivity contribution is 5.91. The molecule has 0 aliphatic carbocycles. The third-order valence-corrected chi connectivity index (χ3v) is 5.20. The lowest BCUT2D eigenvalue weighted by molar-refractivity contribution is -0.125. The van der Waals surface area contributed by atoms with E-state index < -0.39 is 0 Å². The van der Waals surface area contributed by atoms with Crippen molar-refractivity contribution in [2.24, 2.45) is 0 Å². The van der Waals surface area contributed by atoms with Crippen LogP contribution in [0.5, 0.6) is 5.75 Å². The predicted molar refractivity (Wildman–Crippen MR) is 128 cm³/mol. The van der Waals surface area contributed by atoms with E-state index in [9.17, 15) is 9.59 Å². The van der Waals surface area contributed by atoms with Gasteiger partial charge in [0.2, 0.25) is 11.8 Å². The number of amides is 2. The Balaban J connectivity index is 1.19. The van der Waals surface area contributed by atoms with Crippen LogP contribution >= 0.6 is 0 Å². The van der Waals surface area contributed by atoms with Crippen LogP contribution < -0.4 is 15.4 Å². The van der Waals surface area contributed by atoms with Gasteiger partial charge in [-0.25, -0.2) is 0 Å². The zero-order chi connectivity index (χ0) is 22.9. The van der Waals surface area contributed by atoms with Crippen LogP contribution in [0.1, 0.15) is 16.8 Å². The van der Waals surface area contributed by atoms with Crippen LogP contribution in [-0.2, 0) is 29.2 Å². The average Bonchev–Trinajstić information content (AvgIpc) is 2.86. The van der Waals surface area contributed by atoms with Gasteiger partial charge in [-0.05, 0) is 46.2 Å². The summed E-state index contributed by atoms with van der Waals surface area (Å²) in [4.78, 5) is 28.7. The van der Waals surface area contributed by atoms with Crippen LogP contribution in [0, 0.1) is 0 Å². The van der Waals surface area contributed by atoms with E-state index in [4.69, 9.17) is 4.74 Å². The van der Waals surface area contributed by atoms with E-state index in [0.29, 0.717) is 13.2 Å². The van der Waals surface area contributed by atoms with Crippen LogP contribution in [-0.4, -0.2) is 23.3 Å². The second-order valence-electron chi connectivity index (χ2n) is 7.62. The summed E-state index contributed by atoms with van der Waals surface area (Å²) in [5, 5.41) is 7.66. The molecule has 0 saturated carbocycles. The molecule has 6 heteroatoms. The number of fused-ring (bicyclic) bond motifs is 1. The SMILES string of the molecule is O=C(CNC(=O)Cc1cccc2ccccc12)NCc1ccc(OCc2ccccn2)cc1. The molecule has 1 aromatic heterocycles. The minimum Gasteiger partial charge on any atom is -0.487 e. The Labute approximate surface area is 192 Å². The van der Waals surface area contributed by atoms with Crippen molar-refractivity contribution in [3.8, 4) is 5.75 Å². The van der Waals surface area contributed by atoms with Crippen LogP contribution in [0.15, 0.2) is 91.1 Å². The molecule has 0 fully saturated rings. The fourth-order valence-electron chi connectivity index (χ4n) is 3.47. The third kappa shape index (κ3) is 6.40. The molecular weight excluding hydrogens is 414 g/mol. The quantitative estimate of drug-likeness (QED) is 0.416. The summed E-state index contributed by atoms with van der Waals surface area (Å²) in [5.41, 5.74) is 2.74. The monoisotopic (exact) mass is 439 g/mol. The maximum absolute atomic E-state index is 12.3. The van der Waals surface area contributed by atoms with E-state index in [1.807, 2.05) is 84.9 Å². The highest BCUT2D eigenvalue weighted by Crippen LogP contribution is 2.18. The molecule has 0 aliphatic heterocycles. The number of benzene rings is 3. The maximum atomic E-state index is 12.3. The second kappa shape index (κ2) is 10.9. The van der Waals surface area contributed by atoms with E-state index in [-0.39, 0.29) is 24.8 Å². The number of ether oxygens (including phenoxy) is 1. The van der Waals surface area contributed by atoms with Crippen molar-refractivity contribution in [1.82, 2.24) is 15.6 Å².